The number of aryl methyl sites for hydroxylation is 2. The number of aromatic nitrogens is 3. The topological polar surface area (TPSA) is 38.7 Å². The predicted octanol–water partition coefficient (Wildman–Crippen LogP) is 3.46. The quantitative estimate of drug-likeness (QED) is 0.851. The van der Waals surface area contributed by atoms with Gasteiger partial charge in [-0.25, -0.2) is 4.98 Å². The molecule has 0 radical (unpaired) electrons. The predicted molar refractivity (Wildman–Crippen MR) is 65.4 cm³/mol. The Balaban J connectivity index is 2.24. The smallest absolute Gasteiger partial charge is 0.184 e. The molecule has 2 aromatic heterocycles. The van der Waals surface area contributed by atoms with Gasteiger partial charge in [0, 0.05) is 5.69 Å². The average Bonchev–Trinajstić information content (AvgIpc) is 2.49. The van der Waals surface area contributed by atoms with E-state index in [1.54, 1.807) is 11.8 Å². The summed E-state index contributed by atoms with van der Waals surface area (Å²) in [7, 11) is 0. The maximum absolute atomic E-state index is 4.43. The first kappa shape index (κ1) is 11.0. The highest BCUT2D eigenvalue weighted by atomic mass is 79.9. The first-order valence-electron chi connectivity index (χ1n) is 4.25. The molecule has 78 valence electrons. The Morgan fingerprint density at radius 3 is 2.67 bits per heavy atom. The van der Waals surface area contributed by atoms with Crippen molar-refractivity contribution in [2.75, 3.05) is 0 Å². The molecule has 0 saturated carbocycles. The number of nitrogens with zero attached hydrogens (tertiary/aromatic N) is 3. The van der Waals surface area contributed by atoms with Crippen molar-refractivity contribution >= 4 is 39.0 Å². The second-order valence-electron chi connectivity index (χ2n) is 3.05. The molecule has 0 aliphatic carbocycles. The third kappa shape index (κ3) is 2.99. The van der Waals surface area contributed by atoms with Crippen LogP contribution >= 0.6 is 39.0 Å². The number of rotatable bonds is 2. The van der Waals surface area contributed by atoms with E-state index >= 15 is 0 Å². The van der Waals surface area contributed by atoms with Crippen LogP contribution in [0.15, 0.2) is 25.4 Å². The van der Waals surface area contributed by atoms with Crippen molar-refractivity contribution in [1.29, 1.82) is 0 Å². The Labute approximate surface area is 104 Å². The van der Waals surface area contributed by atoms with Crippen molar-refractivity contribution in [3.05, 3.63) is 27.3 Å². The molecule has 0 saturated heterocycles. The highest BCUT2D eigenvalue weighted by Crippen LogP contribution is 2.31. The molecule has 0 amide bonds. The standard InChI is InChI=1S/C9H8BrN3S2/c1-5-3-6(2)11-7(4-5)14-9-13-12-8(10)15-9/h3-4H,1-2H3. The molecule has 0 unspecified atom stereocenters. The molecule has 0 aromatic carbocycles. The third-order valence-corrected chi connectivity index (χ3v) is 3.97. The Kier molecular flexibility index (Phi) is 3.38. The van der Waals surface area contributed by atoms with E-state index in [0.29, 0.717) is 0 Å². The van der Waals surface area contributed by atoms with E-state index in [1.807, 2.05) is 13.0 Å². The van der Waals surface area contributed by atoms with Crippen LogP contribution < -0.4 is 0 Å². The van der Waals surface area contributed by atoms with Crippen LogP contribution in [0.4, 0.5) is 0 Å². The molecule has 0 fully saturated rings. The summed E-state index contributed by atoms with van der Waals surface area (Å²) in [6.07, 6.45) is 0. The van der Waals surface area contributed by atoms with E-state index in [4.69, 9.17) is 0 Å². The monoisotopic (exact) mass is 301 g/mol. The minimum Gasteiger partial charge on any atom is -0.246 e. The van der Waals surface area contributed by atoms with Crippen molar-refractivity contribution in [3.63, 3.8) is 0 Å². The average molecular weight is 302 g/mol. The normalized spacial score (nSPS) is 10.6. The summed E-state index contributed by atoms with van der Waals surface area (Å²) in [4.78, 5) is 4.43. The first-order chi connectivity index (χ1) is 7.13. The Bertz CT molecular complexity index is 464. The van der Waals surface area contributed by atoms with Crippen LogP contribution in [0.3, 0.4) is 0 Å². The summed E-state index contributed by atoms with van der Waals surface area (Å²) in [5, 5.41) is 8.88. The van der Waals surface area contributed by atoms with E-state index in [1.165, 1.54) is 16.9 Å². The fourth-order valence-corrected chi connectivity index (χ4v) is 3.70. The minimum atomic E-state index is 0.800. The molecule has 2 aromatic rings. The molecule has 0 N–H and O–H groups in total. The van der Waals surface area contributed by atoms with Crippen LogP contribution in [-0.4, -0.2) is 15.2 Å². The van der Waals surface area contributed by atoms with Crippen molar-refractivity contribution < 1.29 is 0 Å². The second-order valence-corrected chi connectivity index (χ2v) is 6.57. The number of pyridine rings is 1. The van der Waals surface area contributed by atoms with Crippen molar-refractivity contribution in [3.8, 4) is 0 Å². The van der Waals surface area contributed by atoms with Crippen LogP contribution in [0, 0.1) is 13.8 Å². The summed E-state index contributed by atoms with van der Waals surface area (Å²) in [5.41, 5.74) is 2.25. The van der Waals surface area contributed by atoms with E-state index in [0.717, 1.165) is 19.0 Å². The van der Waals surface area contributed by atoms with Crippen LogP contribution in [-0.2, 0) is 0 Å². The molecule has 3 nitrogen and oxygen atoms in total. The molecule has 0 aliphatic rings. The summed E-state index contributed by atoms with van der Waals surface area (Å²) < 4.78 is 1.70. The van der Waals surface area contributed by atoms with Gasteiger partial charge in [0.1, 0.15) is 5.03 Å². The summed E-state index contributed by atoms with van der Waals surface area (Å²) >= 11 is 6.34. The molecular weight excluding hydrogens is 294 g/mol. The molecular formula is C9H8BrN3S2. The van der Waals surface area contributed by atoms with Crippen molar-refractivity contribution in [2.45, 2.75) is 23.2 Å². The fraction of sp³-hybridized carbons (Fsp3) is 0.222. The zero-order valence-corrected chi connectivity index (χ0v) is 11.4. The number of halogens is 1. The lowest BCUT2D eigenvalue weighted by atomic mass is 10.3. The van der Waals surface area contributed by atoms with Crippen LogP contribution in [0.25, 0.3) is 0 Å². The van der Waals surface area contributed by atoms with Crippen LogP contribution in [0.5, 0.6) is 0 Å². The SMILES string of the molecule is Cc1cc(C)nc(Sc2nnc(Br)s2)c1. The lowest BCUT2D eigenvalue weighted by Crippen LogP contribution is -1.86. The van der Waals surface area contributed by atoms with Crippen molar-refractivity contribution in [2.24, 2.45) is 0 Å². The second kappa shape index (κ2) is 4.59. The lowest BCUT2D eigenvalue weighted by Gasteiger charge is -2.00. The first-order valence-corrected chi connectivity index (χ1v) is 6.68. The van der Waals surface area contributed by atoms with Gasteiger partial charge in [-0.2, -0.15) is 0 Å². The van der Waals surface area contributed by atoms with Gasteiger partial charge in [0.05, 0.1) is 0 Å². The highest BCUT2D eigenvalue weighted by Gasteiger charge is 2.05. The molecule has 0 spiro atoms. The van der Waals surface area contributed by atoms with E-state index in [9.17, 15) is 0 Å². The molecule has 2 rings (SSSR count). The minimum absolute atomic E-state index is 0.800. The van der Waals surface area contributed by atoms with E-state index < -0.39 is 0 Å². The van der Waals surface area contributed by atoms with Crippen LogP contribution in [0.1, 0.15) is 11.3 Å². The molecule has 15 heavy (non-hydrogen) atoms. The van der Waals surface area contributed by atoms with Gasteiger partial charge >= 0.3 is 0 Å². The zero-order chi connectivity index (χ0) is 10.8. The Hall–Kier alpha value is -0.460. The van der Waals surface area contributed by atoms with E-state index in [-0.39, 0.29) is 0 Å². The van der Waals surface area contributed by atoms with Gasteiger partial charge in [-0.1, -0.05) is 11.3 Å². The maximum Gasteiger partial charge on any atom is 0.184 e. The van der Waals surface area contributed by atoms with Gasteiger partial charge in [-0.05, 0) is 59.2 Å². The third-order valence-electron chi connectivity index (χ3n) is 1.65. The lowest BCUT2D eigenvalue weighted by molar-refractivity contribution is 0.988. The molecule has 2 heterocycles. The fourth-order valence-electron chi connectivity index (χ4n) is 1.18. The molecule has 0 atom stereocenters. The maximum atomic E-state index is 4.43. The van der Waals surface area contributed by atoms with Gasteiger partial charge in [0.25, 0.3) is 0 Å². The highest BCUT2D eigenvalue weighted by molar-refractivity contribution is 9.11. The summed E-state index contributed by atoms with van der Waals surface area (Å²) in [6.45, 7) is 4.06. The Morgan fingerprint density at radius 1 is 1.27 bits per heavy atom. The van der Waals surface area contributed by atoms with Gasteiger partial charge in [-0.3, -0.25) is 0 Å². The molecule has 0 bridgehead atoms. The molecule has 0 aliphatic heterocycles. The van der Waals surface area contributed by atoms with Crippen molar-refractivity contribution in [1.82, 2.24) is 15.2 Å². The van der Waals surface area contributed by atoms with E-state index in [2.05, 4.69) is 44.1 Å². The van der Waals surface area contributed by atoms with Gasteiger partial charge in [-0.15, -0.1) is 10.2 Å². The summed E-state index contributed by atoms with van der Waals surface area (Å²) in [5.74, 6) is 0. The van der Waals surface area contributed by atoms with Gasteiger partial charge < -0.3 is 0 Å². The van der Waals surface area contributed by atoms with Gasteiger partial charge in [0.15, 0.2) is 8.26 Å². The number of hydrogen-bond acceptors (Lipinski definition) is 5. The number of hydrogen-bond donors (Lipinski definition) is 0. The largest absolute Gasteiger partial charge is 0.246 e. The molecule has 6 heteroatoms. The zero-order valence-electron chi connectivity index (χ0n) is 8.19. The Morgan fingerprint density at radius 2 is 2.07 bits per heavy atom. The van der Waals surface area contributed by atoms with Crippen LogP contribution in [0.2, 0.25) is 0 Å². The van der Waals surface area contributed by atoms with Gasteiger partial charge in [0.2, 0.25) is 0 Å². The summed E-state index contributed by atoms with van der Waals surface area (Å²) in [6, 6.07) is 4.10.